The normalized spacial score (nSPS) is 18.4. The standard InChI is InChI=1S/C19H32F6O3/c1-8-12(3)16(7,11-15(5,6)9-2)14(26)28-13(4)10-17(27,18(20,21)22)19(23,24)25/h12-13,27H,8-11H2,1-7H3. The number of hydrogen-bond acceptors (Lipinski definition) is 3. The first-order valence-electron chi connectivity index (χ1n) is 9.34. The highest BCUT2D eigenvalue weighted by molar-refractivity contribution is 5.77. The molecule has 0 fully saturated rings. The lowest BCUT2D eigenvalue weighted by atomic mass is 9.66. The molecule has 3 atom stereocenters. The molecule has 0 aromatic heterocycles. The van der Waals surface area contributed by atoms with Crippen LogP contribution in [0.5, 0.6) is 0 Å². The van der Waals surface area contributed by atoms with Gasteiger partial charge in [-0.1, -0.05) is 47.5 Å². The molecule has 0 aromatic rings. The van der Waals surface area contributed by atoms with Crippen molar-refractivity contribution in [1.82, 2.24) is 0 Å². The molecule has 0 rings (SSSR count). The third-order valence-electron chi connectivity index (χ3n) is 5.80. The molecule has 0 saturated carbocycles. The fourth-order valence-electron chi connectivity index (χ4n) is 3.18. The number of rotatable bonds is 9. The van der Waals surface area contributed by atoms with Gasteiger partial charge >= 0.3 is 18.3 Å². The molecule has 3 unspecified atom stereocenters. The number of esters is 1. The van der Waals surface area contributed by atoms with E-state index in [4.69, 9.17) is 4.74 Å². The van der Waals surface area contributed by atoms with E-state index in [1.165, 1.54) is 0 Å². The maximum atomic E-state index is 12.9. The van der Waals surface area contributed by atoms with E-state index in [-0.39, 0.29) is 11.3 Å². The first-order valence-corrected chi connectivity index (χ1v) is 9.34. The van der Waals surface area contributed by atoms with Gasteiger partial charge in [-0.2, -0.15) is 26.3 Å². The van der Waals surface area contributed by atoms with E-state index >= 15 is 0 Å². The van der Waals surface area contributed by atoms with Gasteiger partial charge in [0.05, 0.1) is 5.41 Å². The molecule has 1 N–H and O–H groups in total. The molecule has 28 heavy (non-hydrogen) atoms. The van der Waals surface area contributed by atoms with Crippen molar-refractivity contribution in [3.05, 3.63) is 0 Å². The SMILES string of the molecule is CCC(C)C(C)(CC(C)(C)CC)C(=O)OC(C)CC(O)(C(F)(F)F)C(F)(F)F. The summed E-state index contributed by atoms with van der Waals surface area (Å²) in [5.41, 5.74) is -6.31. The summed E-state index contributed by atoms with van der Waals surface area (Å²) in [7, 11) is 0. The number of hydrogen-bond donors (Lipinski definition) is 1. The summed E-state index contributed by atoms with van der Waals surface area (Å²) >= 11 is 0. The summed E-state index contributed by atoms with van der Waals surface area (Å²) in [5, 5.41) is 9.31. The lowest BCUT2D eigenvalue weighted by molar-refractivity contribution is -0.373. The lowest BCUT2D eigenvalue weighted by Crippen LogP contribution is -2.58. The second-order valence-electron chi connectivity index (χ2n) is 8.70. The van der Waals surface area contributed by atoms with Crippen molar-refractivity contribution in [2.24, 2.45) is 16.7 Å². The smallest absolute Gasteiger partial charge is 0.426 e. The molecule has 0 bridgehead atoms. The second-order valence-corrected chi connectivity index (χ2v) is 8.70. The maximum absolute atomic E-state index is 12.9. The zero-order valence-electron chi connectivity index (χ0n) is 17.5. The van der Waals surface area contributed by atoms with E-state index in [9.17, 15) is 36.2 Å². The Hall–Kier alpha value is -0.990. The second kappa shape index (κ2) is 8.79. The van der Waals surface area contributed by atoms with E-state index in [0.717, 1.165) is 13.3 Å². The van der Waals surface area contributed by atoms with Gasteiger partial charge in [0.15, 0.2) is 0 Å². The summed E-state index contributed by atoms with van der Waals surface area (Å²) in [4.78, 5) is 12.8. The number of halogens is 6. The van der Waals surface area contributed by atoms with Gasteiger partial charge in [-0.25, -0.2) is 0 Å². The highest BCUT2D eigenvalue weighted by atomic mass is 19.4. The third-order valence-corrected chi connectivity index (χ3v) is 5.80. The van der Waals surface area contributed by atoms with Crippen LogP contribution < -0.4 is 0 Å². The highest BCUT2D eigenvalue weighted by Gasteiger charge is 2.70. The van der Waals surface area contributed by atoms with Crippen LogP contribution in [0.1, 0.15) is 74.1 Å². The molecule has 0 radical (unpaired) electrons. The van der Waals surface area contributed by atoms with E-state index in [0.29, 0.717) is 12.8 Å². The van der Waals surface area contributed by atoms with Crippen LogP contribution in [0.25, 0.3) is 0 Å². The molecule has 3 nitrogen and oxygen atoms in total. The summed E-state index contributed by atoms with van der Waals surface area (Å²) in [6.45, 7) is 11.9. The third kappa shape index (κ3) is 6.00. The van der Waals surface area contributed by atoms with Gasteiger partial charge in [-0.15, -0.1) is 0 Å². The van der Waals surface area contributed by atoms with Crippen molar-refractivity contribution in [3.8, 4) is 0 Å². The van der Waals surface area contributed by atoms with Gasteiger partial charge in [0.2, 0.25) is 0 Å². The molecule has 0 aliphatic heterocycles. The van der Waals surface area contributed by atoms with Crippen molar-refractivity contribution < 1.29 is 41.0 Å². The molecule has 9 heteroatoms. The highest BCUT2D eigenvalue weighted by Crippen LogP contribution is 2.47. The minimum atomic E-state index is -5.95. The predicted octanol–water partition coefficient (Wildman–Crippen LogP) is 6.04. The maximum Gasteiger partial charge on any atom is 0.426 e. The Kier molecular flexibility index (Phi) is 8.48. The monoisotopic (exact) mass is 422 g/mol. The van der Waals surface area contributed by atoms with Crippen LogP contribution in [0.2, 0.25) is 0 Å². The molecule has 168 valence electrons. The zero-order chi connectivity index (χ0) is 22.8. The fraction of sp³-hybridized carbons (Fsp3) is 0.947. The van der Waals surface area contributed by atoms with Crippen LogP contribution >= 0.6 is 0 Å². The van der Waals surface area contributed by atoms with Crippen LogP contribution in [-0.4, -0.2) is 35.1 Å². The van der Waals surface area contributed by atoms with Crippen molar-refractivity contribution >= 4 is 5.97 Å². The largest absolute Gasteiger partial charge is 0.462 e. The molecule has 0 heterocycles. The lowest BCUT2D eigenvalue weighted by Gasteiger charge is -2.40. The van der Waals surface area contributed by atoms with Crippen LogP contribution in [0.3, 0.4) is 0 Å². The van der Waals surface area contributed by atoms with Gasteiger partial charge in [0.1, 0.15) is 6.10 Å². The quantitative estimate of drug-likeness (QED) is 0.364. The van der Waals surface area contributed by atoms with Crippen LogP contribution in [-0.2, 0) is 9.53 Å². The minimum absolute atomic E-state index is 0.206. The van der Waals surface area contributed by atoms with E-state index in [2.05, 4.69) is 0 Å². The van der Waals surface area contributed by atoms with E-state index < -0.39 is 41.9 Å². The molecular formula is C19H32F6O3. The van der Waals surface area contributed by atoms with Crippen molar-refractivity contribution in [3.63, 3.8) is 0 Å². The number of carbonyl (C=O) groups excluding carboxylic acids is 1. The summed E-state index contributed by atoms with van der Waals surface area (Å²) in [6, 6.07) is 0. The van der Waals surface area contributed by atoms with E-state index in [1.54, 1.807) is 13.8 Å². The number of aliphatic hydroxyl groups is 1. The summed E-state index contributed by atoms with van der Waals surface area (Å²) in [6.07, 6.45) is -13.8. The van der Waals surface area contributed by atoms with Gasteiger partial charge in [0, 0.05) is 6.42 Å². The Balaban J connectivity index is 5.64. The molecule has 0 aliphatic carbocycles. The van der Waals surface area contributed by atoms with Crippen LogP contribution in [0.4, 0.5) is 26.3 Å². The van der Waals surface area contributed by atoms with Gasteiger partial charge < -0.3 is 9.84 Å². The molecular weight excluding hydrogens is 390 g/mol. The molecule has 0 spiro atoms. The van der Waals surface area contributed by atoms with Crippen molar-refractivity contribution in [2.75, 3.05) is 0 Å². The summed E-state index contributed by atoms with van der Waals surface area (Å²) < 4.78 is 82.3. The fourth-order valence-corrected chi connectivity index (χ4v) is 3.18. The average Bonchev–Trinajstić information content (AvgIpc) is 2.50. The van der Waals surface area contributed by atoms with Gasteiger partial charge in [-0.05, 0) is 31.6 Å². The van der Waals surface area contributed by atoms with Gasteiger partial charge in [0.25, 0.3) is 5.60 Å². The molecule has 0 aliphatic rings. The first-order chi connectivity index (χ1) is 12.3. The topological polar surface area (TPSA) is 46.5 Å². The Labute approximate surface area is 162 Å². The Morgan fingerprint density at radius 3 is 1.71 bits per heavy atom. The van der Waals surface area contributed by atoms with Crippen LogP contribution in [0.15, 0.2) is 0 Å². The predicted molar refractivity (Wildman–Crippen MR) is 93.5 cm³/mol. The van der Waals surface area contributed by atoms with E-state index in [1.807, 2.05) is 27.7 Å². The average molecular weight is 422 g/mol. The minimum Gasteiger partial charge on any atom is -0.462 e. The Morgan fingerprint density at radius 2 is 1.39 bits per heavy atom. The Morgan fingerprint density at radius 1 is 0.964 bits per heavy atom. The Bertz CT molecular complexity index is 513. The van der Waals surface area contributed by atoms with Crippen molar-refractivity contribution in [1.29, 1.82) is 0 Å². The number of ether oxygens (including phenoxy) is 1. The van der Waals surface area contributed by atoms with Crippen LogP contribution in [0, 0.1) is 16.7 Å². The summed E-state index contributed by atoms with van der Waals surface area (Å²) in [5.74, 6) is -1.07. The zero-order valence-corrected chi connectivity index (χ0v) is 17.5. The molecule has 0 amide bonds. The van der Waals surface area contributed by atoms with Crippen molar-refractivity contribution in [2.45, 2.75) is 98.2 Å². The first kappa shape index (κ1) is 27.0. The molecule has 0 saturated heterocycles. The number of alkyl halides is 6. The number of carbonyl (C=O) groups is 1. The van der Waals surface area contributed by atoms with Gasteiger partial charge in [-0.3, -0.25) is 4.79 Å². The molecule has 0 aromatic carbocycles.